The zero-order valence-electron chi connectivity index (χ0n) is 16.1. The molecule has 0 aromatic heterocycles. The molecule has 0 unspecified atom stereocenters. The first-order valence-corrected chi connectivity index (χ1v) is 10.1. The number of hydrogen-bond donors (Lipinski definition) is 1. The highest BCUT2D eigenvalue weighted by Gasteiger charge is 2.12. The Hall–Kier alpha value is -2.91. The average molecular weight is 370 g/mol. The number of carbonyl (C=O) groups is 1. The molecule has 1 heterocycles. The van der Waals surface area contributed by atoms with Crippen molar-refractivity contribution in [2.24, 2.45) is 0 Å². The van der Waals surface area contributed by atoms with Gasteiger partial charge in [0.1, 0.15) is 0 Å². The van der Waals surface area contributed by atoms with E-state index in [2.05, 4.69) is 34.5 Å². The van der Waals surface area contributed by atoms with Crippen LogP contribution >= 0.6 is 0 Å². The summed E-state index contributed by atoms with van der Waals surface area (Å²) < 4.78 is 0. The molecule has 3 nitrogen and oxygen atoms in total. The standard InChI is InChI=1S/C25H26N2O/c28-25(22-15-13-20(14-16-22)19-27-17-7-2-8-18-27)26-24-12-6-5-11-23(24)21-9-3-1-4-10-21/h1,3-6,9-16H,2,7-8,17-19H2,(H,26,28). The summed E-state index contributed by atoms with van der Waals surface area (Å²) in [5, 5.41) is 3.08. The van der Waals surface area contributed by atoms with Gasteiger partial charge in [-0.05, 0) is 55.3 Å². The van der Waals surface area contributed by atoms with Gasteiger partial charge in [0.05, 0.1) is 0 Å². The molecule has 1 aliphatic heterocycles. The number of likely N-dealkylation sites (tertiary alicyclic amines) is 1. The van der Waals surface area contributed by atoms with Crippen LogP contribution in [0.2, 0.25) is 0 Å². The Morgan fingerprint density at radius 3 is 2.21 bits per heavy atom. The SMILES string of the molecule is O=C(Nc1ccccc1-c1ccccc1)c1ccc(CN2CCCCC2)cc1. The van der Waals surface area contributed by atoms with Gasteiger partial charge in [-0.25, -0.2) is 0 Å². The van der Waals surface area contributed by atoms with Gasteiger partial charge in [-0.15, -0.1) is 0 Å². The van der Waals surface area contributed by atoms with E-state index in [1.807, 2.05) is 54.6 Å². The number of anilines is 1. The summed E-state index contributed by atoms with van der Waals surface area (Å²) >= 11 is 0. The van der Waals surface area contributed by atoms with E-state index in [0.717, 1.165) is 23.4 Å². The second kappa shape index (κ2) is 8.85. The first kappa shape index (κ1) is 18.5. The molecule has 0 saturated carbocycles. The maximum atomic E-state index is 12.8. The van der Waals surface area contributed by atoms with Crippen molar-refractivity contribution in [1.29, 1.82) is 0 Å². The minimum atomic E-state index is -0.0760. The number of carbonyl (C=O) groups excluding carboxylic acids is 1. The highest BCUT2D eigenvalue weighted by molar-refractivity contribution is 6.06. The molecular weight excluding hydrogens is 344 g/mol. The zero-order valence-corrected chi connectivity index (χ0v) is 16.1. The van der Waals surface area contributed by atoms with E-state index in [1.54, 1.807) is 0 Å². The molecule has 0 spiro atoms. The first-order chi connectivity index (χ1) is 13.8. The smallest absolute Gasteiger partial charge is 0.255 e. The minimum absolute atomic E-state index is 0.0760. The quantitative estimate of drug-likeness (QED) is 0.635. The third-order valence-electron chi connectivity index (χ3n) is 5.33. The zero-order chi connectivity index (χ0) is 19.2. The molecule has 1 amide bonds. The van der Waals surface area contributed by atoms with Gasteiger partial charge in [0, 0.05) is 23.4 Å². The molecule has 0 bridgehead atoms. The lowest BCUT2D eigenvalue weighted by Gasteiger charge is -2.26. The van der Waals surface area contributed by atoms with Crippen LogP contribution < -0.4 is 5.32 Å². The van der Waals surface area contributed by atoms with Crippen molar-refractivity contribution < 1.29 is 4.79 Å². The van der Waals surface area contributed by atoms with E-state index in [4.69, 9.17) is 0 Å². The Bertz CT molecular complexity index is 913. The second-order valence-electron chi connectivity index (χ2n) is 7.40. The van der Waals surface area contributed by atoms with Crippen molar-refractivity contribution in [1.82, 2.24) is 4.90 Å². The summed E-state index contributed by atoms with van der Waals surface area (Å²) in [5.41, 5.74) is 4.90. The lowest BCUT2D eigenvalue weighted by molar-refractivity contribution is 0.102. The van der Waals surface area contributed by atoms with Gasteiger partial charge >= 0.3 is 0 Å². The molecule has 0 radical (unpaired) electrons. The van der Waals surface area contributed by atoms with Crippen LogP contribution in [0.1, 0.15) is 35.2 Å². The summed E-state index contributed by atoms with van der Waals surface area (Å²) in [5.74, 6) is -0.0760. The Labute approximate surface area is 167 Å². The lowest BCUT2D eigenvalue weighted by Crippen LogP contribution is -2.29. The molecule has 3 heteroatoms. The van der Waals surface area contributed by atoms with E-state index < -0.39 is 0 Å². The largest absolute Gasteiger partial charge is 0.321 e. The molecular formula is C25H26N2O. The fourth-order valence-electron chi connectivity index (χ4n) is 3.79. The maximum Gasteiger partial charge on any atom is 0.255 e. The van der Waals surface area contributed by atoms with Crippen molar-refractivity contribution in [3.63, 3.8) is 0 Å². The molecule has 4 rings (SSSR count). The van der Waals surface area contributed by atoms with E-state index in [9.17, 15) is 4.79 Å². The molecule has 3 aromatic rings. The Balaban J connectivity index is 1.46. The maximum absolute atomic E-state index is 12.8. The molecule has 3 aromatic carbocycles. The van der Waals surface area contributed by atoms with Crippen molar-refractivity contribution >= 4 is 11.6 Å². The Morgan fingerprint density at radius 2 is 1.46 bits per heavy atom. The summed E-state index contributed by atoms with van der Waals surface area (Å²) in [6.45, 7) is 3.33. The number of nitrogens with zero attached hydrogens (tertiary/aromatic N) is 1. The van der Waals surface area contributed by atoms with Crippen LogP contribution in [-0.2, 0) is 6.54 Å². The topological polar surface area (TPSA) is 32.3 Å². The fraction of sp³-hybridized carbons (Fsp3) is 0.240. The average Bonchev–Trinajstić information content (AvgIpc) is 2.76. The lowest BCUT2D eigenvalue weighted by atomic mass is 10.0. The molecule has 28 heavy (non-hydrogen) atoms. The number of amides is 1. The molecule has 0 atom stereocenters. The van der Waals surface area contributed by atoms with Gasteiger partial charge in [0.15, 0.2) is 0 Å². The monoisotopic (exact) mass is 370 g/mol. The fourth-order valence-corrected chi connectivity index (χ4v) is 3.79. The van der Waals surface area contributed by atoms with Crippen molar-refractivity contribution in [3.05, 3.63) is 90.0 Å². The first-order valence-electron chi connectivity index (χ1n) is 10.1. The van der Waals surface area contributed by atoms with Crippen LogP contribution in [0.4, 0.5) is 5.69 Å². The molecule has 0 aliphatic carbocycles. The summed E-state index contributed by atoms with van der Waals surface area (Å²) in [7, 11) is 0. The summed E-state index contributed by atoms with van der Waals surface area (Å²) in [6.07, 6.45) is 3.93. The van der Waals surface area contributed by atoms with Gasteiger partial charge in [-0.2, -0.15) is 0 Å². The van der Waals surface area contributed by atoms with Crippen LogP contribution in [0.5, 0.6) is 0 Å². The van der Waals surface area contributed by atoms with Crippen molar-refractivity contribution in [2.75, 3.05) is 18.4 Å². The van der Waals surface area contributed by atoms with Crippen molar-refractivity contribution in [3.8, 4) is 11.1 Å². The molecule has 1 N–H and O–H groups in total. The summed E-state index contributed by atoms with van der Waals surface area (Å²) in [4.78, 5) is 15.3. The Kier molecular flexibility index (Phi) is 5.83. The van der Waals surface area contributed by atoms with E-state index >= 15 is 0 Å². The van der Waals surface area contributed by atoms with Crippen LogP contribution in [0.15, 0.2) is 78.9 Å². The van der Waals surface area contributed by atoms with Crippen LogP contribution in [0.25, 0.3) is 11.1 Å². The van der Waals surface area contributed by atoms with Crippen LogP contribution in [-0.4, -0.2) is 23.9 Å². The van der Waals surface area contributed by atoms with E-state index in [-0.39, 0.29) is 5.91 Å². The van der Waals surface area contributed by atoms with Gasteiger partial charge in [-0.1, -0.05) is 67.1 Å². The number of para-hydroxylation sites is 1. The number of rotatable bonds is 5. The van der Waals surface area contributed by atoms with Gasteiger partial charge < -0.3 is 5.32 Å². The molecule has 142 valence electrons. The second-order valence-corrected chi connectivity index (χ2v) is 7.40. The predicted molar refractivity (Wildman–Crippen MR) is 115 cm³/mol. The number of benzene rings is 3. The predicted octanol–water partition coefficient (Wildman–Crippen LogP) is 5.59. The van der Waals surface area contributed by atoms with Crippen LogP contribution in [0, 0.1) is 0 Å². The molecule has 1 aliphatic rings. The number of hydrogen-bond acceptors (Lipinski definition) is 2. The van der Waals surface area contributed by atoms with Gasteiger partial charge in [0.25, 0.3) is 5.91 Å². The third-order valence-corrected chi connectivity index (χ3v) is 5.33. The van der Waals surface area contributed by atoms with Gasteiger partial charge in [-0.3, -0.25) is 9.69 Å². The number of nitrogens with one attached hydrogen (secondary N) is 1. The van der Waals surface area contributed by atoms with Crippen molar-refractivity contribution in [2.45, 2.75) is 25.8 Å². The van der Waals surface area contributed by atoms with E-state index in [1.165, 1.54) is 37.9 Å². The minimum Gasteiger partial charge on any atom is -0.321 e. The van der Waals surface area contributed by atoms with Gasteiger partial charge in [0.2, 0.25) is 0 Å². The highest BCUT2D eigenvalue weighted by Crippen LogP contribution is 2.28. The molecule has 1 fully saturated rings. The molecule has 1 saturated heterocycles. The third kappa shape index (κ3) is 4.49. The Morgan fingerprint density at radius 1 is 0.786 bits per heavy atom. The van der Waals surface area contributed by atoms with Crippen LogP contribution in [0.3, 0.4) is 0 Å². The summed E-state index contributed by atoms with van der Waals surface area (Å²) in [6, 6.07) is 26.1. The normalized spacial score (nSPS) is 14.6. The van der Waals surface area contributed by atoms with E-state index in [0.29, 0.717) is 5.56 Å². The number of piperidine rings is 1. The highest BCUT2D eigenvalue weighted by atomic mass is 16.1.